The fraction of sp³-hybridized carbons (Fsp3) is 0.719. The number of amides is 4. The van der Waals surface area contributed by atoms with Crippen LogP contribution in [-0.2, 0) is 31.4 Å². The lowest BCUT2D eigenvalue weighted by Crippen LogP contribution is -2.57. The van der Waals surface area contributed by atoms with Crippen molar-refractivity contribution in [2.45, 2.75) is 225 Å². The molecule has 76 heavy (non-hydrogen) atoms. The zero-order valence-electron chi connectivity index (χ0n) is 45.9. The number of ether oxygens (including phenoxy) is 4. The normalized spacial score (nSPS) is 22.5. The Kier molecular flexibility index (Phi) is 20.6. The number of halogens is 6. The van der Waals surface area contributed by atoms with Crippen LogP contribution in [0.4, 0.5) is 37.7 Å². The first-order valence-electron chi connectivity index (χ1n) is 27.9. The van der Waals surface area contributed by atoms with E-state index in [0.717, 1.165) is 115 Å². The molecule has 3 heterocycles. The minimum atomic E-state index is -4.80. The highest BCUT2D eigenvalue weighted by Crippen LogP contribution is 2.47. The lowest BCUT2D eigenvalue weighted by Gasteiger charge is -2.42. The lowest BCUT2D eigenvalue weighted by molar-refractivity contribution is -0.142. The molecule has 7 rings (SSSR count). The summed E-state index contributed by atoms with van der Waals surface area (Å²) < 4.78 is 109. The molecule has 2 aromatic carbocycles. The Morgan fingerprint density at radius 2 is 1.08 bits per heavy atom. The molecule has 3 unspecified atom stereocenters. The SMILES string of the molecule is CCCCCN1C(=O)C(C)(CO)Oc2cc(C(F)(F)F)c(C(=O)N(C(C)C)C3CCCCC3)cc21.CCCCCN1C(=O)C(C)(COCC2CCCO2)Oc2cc(C(F)(F)F)c(C(=O)N(C(C)C)C3CCCCC3)cc21. The van der Waals surface area contributed by atoms with Crippen LogP contribution >= 0.6 is 0 Å². The highest BCUT2D eigenvalue weighted by molar-refractivity contribution is 6.06. The zero-order valence-corrected chi connectivity index (χ0v) is 45.9. The van der Waals surface area contributed by atoms with Gasteiger partial charge in [-0.3, -0.25) is 19.2 Å². The second-order valence-electron chi connectivity index (χ2n) is 22.2. The number of hydrogen-bond donors (Lipinski definition) is 1. The summed E-state index contributed by atoms with van der Waals surface area (Å²) in [6, 6.07) is 3.33. The Bertz CT molecular complexity index is 2310. The van der Waals surface area contributed by atoms with Crippen LogP contribution in [0.5, 0.6) is 11.5 Å². The largest absolute Gasteiger partial charge is 0.473 e. The minimum absolute atomic E-state index is 0.0660. The second kappa shape index (κ2) is 25.9. The Labute approximate surface area is 445 Å². The molecule has 2 saturated carbocycles. The number of aliphatic hydroxyl groups excluding tert-OH is 1. The van der Waals surface area contributed by atoms with Crippen molar-refractivity contribution < 1.29 is 69.6 Å². The molecule has 2 aromatic rings. The van der Waals surface area contributed by atoms with E-state index < -0.39 is 70.1 Å². The Morgan fingerprint density at radius 1 is 0.658 bits per heavy atom. The predicted molar refractivity (Wildman–Crippen MR) is 278 cm³/mol. The van der Waals surface area contributed by atoms with Crippen LogP contribution < -0.4 is 19.3 Å². The van der Waals surface area contributed by atoms with Gasteiger partial charge in [-0.2, -0.15) is 26.3 Å². The quantitative estimate of drug-likeness (QED) is 0.108. The van der Waals surface area contributed by atoms with E-state index >= 15 is 0 Å². The molecule has 0 radical (unpaired) electrons. The van der Waals surface area contributed by atoms with Crippen LogP contribution in [-0.4, -0.2) is 120 Å². The summed E-state index contributed by atoms with van der Waals surface area (Å²) in [5.74, 6) is -2.48. The Balaban J connectivity index is 0.000000250. The third-order valence-corrected chi connectivity index (χ3v) is 15.4. The van der Waals surface area contributed by atoms with Gasteiger partial charge >= 0.3 is 12.4 Å². The standard InChI is InChI=1S/C31H45F3N2O5.C26H37F3N2O4/c1-5-6-10-15-35-26-17-24(28(37)36(21(2)3)22-12-8-7-9-13-22)25(31(32,33)34)18-27(26)41-30(4,29(35)38)20-39-19-23-14-11-16-40-23;1-5-6-10-13-30-21-14-19(23(33)31(17(2)3)18-11-8-7-9-12-18)20(26(27,28)29)15-22(21)35-25(4,16-32)24(30)34/h17-18,21-23H,5-16,19-20H2,1-4H3;14-15,17-18,32H,5-13,16H2,1-4H3. The average molecular weight is 1080 g/mol. The van der Waals surface area contributed by atoms with Gasteiger partial charge < -0.3 is 43.7 Å². The highest BCUT2D eigenvalue weighted by atomic mass is 19.4. The molecule has 0 aromatic heterocycles. The van der Waals surface area contributed by atoms with Gasteiger partial charge in [-0.05, 0) is 117 Å². The van der Waals surface area contributed by atoms with Crippen molar-refractivity contribution in [1.29, 1.82) is 0 Å². The molecular weight excluding hydrogens is 999 g/mol. The number of anilines is 2. The molecule has 3 atom stereocenters. The van der Waals surface area contributed by atoms with Gasteiger partial charge in [0.2, 0.25) is 11.2 Å². The van der Waals surface area contributed by atoms with Crippen molar-refractivity contribution >= 4 is 35.0 Å². The molecular formula is C57H82F6N4O9. The summed E-state index contributed by atoms with van der Waals surface area (Å²) >= 11 is 0. The fourth-order valence-corrected chi connectivity index (χ4v) is 11.4. The summed E-state index contributed by atoms with van der Waals surface area (Å²) in [6.45, 7) is 15.0. The summed E-state index contributed by atoms with van der Waals surface area (Å²) in [5.41, 5.74) is -5.92. The lowest BCUT2D eigenvalue weighted by atomic mass is 9.92. The molecule has 0 spiro atoms. The molecule has 1 saturated heterocycles. The number of hydrogen-bond acceptors (Lipinski definition) is 9. The first kappa shape index (κ1) is 60.6. The average Bonchev–Trinajstić information content (AvgIpc) is 3.91. The van der Waals surface area contributed by atoms with E-state index in [0.29, 0.717) is 26.0 Å². The van der Waals surface area contributed by atoms with Crippen LogP contribution in [0.15, 0.2) is 24.3 Å². The summed E-state index contributed by atoms with van der Waals surface area (Å²) in [5, 5.41) is 9.83. The van der Waals surface area contributed by atoms with Crippen LogP contribution in [0.3, 0.4) is 0 Å². The van der Waals surface area contributed by atoms with Crippen molar-refractivity contribution in [3.05, 3.63) is 46.5 Å². The van der Waals surface area contributed by atoms with Gasteiger partial charge in [0, 0.05) is 43.9 Å². The van der Waals surface area contributed by atoms with Gasteiger partial charge in [0.15, 0.2) is 0 Å². The van der Waals surface area contributed by atoms with E-state index in [1.165, 1.54) is 28.9 Å². The number of nitrogens with zero attached hydrogens (tertiary/aromatic N) is 4. The third kappa shape index (κ3) is 14.0. The zero-order chi connectivity index (χ0) is 55.8. The predicted octanol–water partition coefficient (Wildman–Crippen LogP) is 12.3. The Morgan fingerprint density at radius 3 is 1.45 bits per heavy atom. The highest BCUT2D eigenvalue weighted by Gasteiger charge is 2.50. The number of rotatable bonds is 19. The van der Waals surface area contributed by atoms with E-state index in [1.807, 2.05) is 41.5 Å². The molecule has 5 aliphatic rings. The second-order valence-corrected chi connectivity index (χ2v) is 22.2. The van der Waals surface area contributed by atoms with E-state index in [1.54, 1.807) is 16.7 Å². The number of unbranched alkanes of at least 4 members (excludes halogenated alkanes) is 4. The first-order valence-corrected chi connectivity index (χ1v) is 27.9. The molecule has 426 valence electrons. The van der Waals surface area contributed by atoms with Gasteiger partial charge in [-0.15, -0.1) is 0 Å². The topological polar surface area (TPSA) is 138 Å². The van der Waals surface area contributed by atoms with Crippen molar-refractivity contribution in [1.82, 2.24) is 9.80 Å². The van der Waals surface area contributed by atoms with Crippen molar-refractivity contribution in [3.8, 4) is 11.5 Å². The van der Waals surface area contributed by atoms with Crippen molar-refractivity contribution in [2.75, 3.05) is 49.3 Å². The molecule has 4 amide bonds. The molecule has 0 bridgehead atoms. The van der Waals surface area contributed by atoms with Crippen LogP contribution in [0.25, 0.3) is 0 Å². The van der Waals surface area contributed by atoms with Crippen molar-refractivity contribution in [2.24, 2.45) is 0 Å². The number of fused-ring (bicyclic) bond motifs is 2. The van der Waals surface area contributed by atoms with Crippen LogP contribution in [0.2, 0.25) is 0 Å². The third-order valence-electron chi connectivity index (χ3n) is 15.4. The number of carbonyl (C=O) groups is 4. The van der Waals surface area contributed by atoms with Crippen molar-refractivity contribution in [3.63, 3.8) is 0 Å². The molecule has 3 fully saturated rings. The molecule has 19 heteroatoms. The minimum Gasteiger partial charge on any atom is -0.473 e. The van der Waals surface area contributed by atoms with Crippen LogP contribution in [0.1, 0.15) is 203 Å². The summed E-state index contributed by atoms with van der Waals surface area (Å²) in [6.07, 6.45) is 5.84. The maximum absolute atomic E-state index is 14.5. The number of carbonyl (C=O) groups excluding carboxylic acids is 4. The fourth-order valence-electron chi connectivity index (χ4n) is 11.4. The van der Waals surface area contributed by atoms with Gasteiger partial charge in [-0.25, -0.2) is 0 Å². The first-order chi connectivity index (χ1) is 35.9. The van der Waals surface area contributed by atoms with E-state index in [2.05, 4.69) is 0 Å². The van der Waals surface area contributed by atoms with Gasteiger partial charge in [0.05, 0.1) is 59.6 Å². The Hall–Kier alpha value is -4.62. The monoisotopic (exact) mass is 1080 g/mol. The van der Waals surface area contributed by atoms with E-state index in [4.69, 9.17) is 18.9 Å². The molecule has 3 aliphatic heterocycles. The van der Waals surface area contributed by atoms with Crippen LogP contribution in [0, 0.1) is 0 Å². The maximum atomic E-state index is 14.5. The molecule has 2 aliphatic carbocycles. The number of alkyl halides is 6. The van der Waals surface area contributed by atoms with Gasteiger partial charge in [0.1, 0.15) is 11.5 Å². The smallest absolute Gasteiger partial charge is 0.417 e. The van der Waals surface area contributed by atoms with E-state index in [-0.39, 0.29) is 78.8 Å². The van der Waals surface area contributed by atoms with Gasteiger partial charge in [0.25, 0.3) is 23.6 Å². The number of aliphatic hydroxyl groups is 1. The molecule has 13 nitrogen and oxygen atoms in total. The summed E-state index contributed by atoms with van der Waals surface area (Å²) in [4.78, 5) is 60.7. The molecule has 1 N–H and O–H groups in total. The maximum Gasteiger partial charge on any atom is 0.417 e. The number of benzene rings is 2. The summed E-state index contributed by atoms with van der Waals surface area (Å²) in [7, 11) is 0. The van der Waals surface area contributed by atoms with Gasteiger partial charge in [-0.1, -0.05) is 78.1 Å². The van der Waals surface area contributed by atoms with E-state index in [9.17, 15) is 50.6 Å².